The normalized spacial score (nSPS) is 17.2. The molecule has 1 heterocycles. The van der Waals surface area contributed by atoms with Crippen LogP contribution in [0.1, 0.15) is 25.0 Å². The average Bonchev–Trinajstić information content (AvgIpc) is 2.43. The number of hydrogen-bond acceptors (Lipinski definition) is 2. The minimum atomic E-state index is 0.214. The van der Waals surface area contributed by atoms with Gasteiger partial charge in [-0.2, -0.15) is 0 Å². The molecule has 2 rings (SSSR count). The summed E-state index contributed by atoms with van der Waals surface area (Å²) in [5.74, 6) is 0.964. The van der Waals surface area contributed by atoms with Crippen LogP contribution in [0.2, 0.25) is 0 Å². The van der Waals surface area contributed by atoms with Crippen LogP contribution in [0.4, 0.5) is 0 Å². The number of nitrogens with zero attached hydrogens (tertiary/aromatic N) is 2. The van der Waals surface area contributed by atoms with Crippen molar-refractivity contribution in [3.8, 4) is 0 Å². The molecule has 0 amide bonds. The Morgan fingerprint density at radius 1 is 1.33 bits per heavy atom. The summed E-state index contributed by atoms with van der Waals surface area (Å²) in [6, 6.07) is 8.66. The molecule has 0 spiro atoms. The number of aryl methyl sites for hydroxylation is 1. The fourth-order valence-electron chi connectivity index (χ4n) is 2.32. The summed E-state index contributed by atoms with van der Waals surface area (Å²) in [5.41, 5.74) is 2.80. The summed E-state index contributed by atoms with van der Waals surface area (Å²) in [6.45, 7) is 10.6. The summed E-state index contributed by atoms with van der Waals surface area (Å²) in [5, 5.41) is 3.37. The van der Waals surface area contributed by atoms with Crippen LogP contribution < -0.4 is 5.32 Å². The molecule has 0 atom stereocenters. The quantitative estimate of drug-likeness (QED) is 0.668. The van der Waals surface area contributed by atoms with E-state index in [1.165, 1.54) is 11.1 Å². The zero-order valence-corrected chi connectivity index (χ0v) is 13.6. The van der Waals surface area contributed by atoms with Crippen molar-refractivity contribution in [3.05, 3.63) is 35.4 Å². The van der Waals surface area contributed by atoms with E-state index in [0.717, 1.165) is 38.8 Å². The van der Waals surface area contributed by atoms with E-state index in [9.17, 15) is 0 Å². The molecule has 0 radical (unpaired) electrons. The fourth-order valence-corrected chi connectivity index (χ4v) is 2.32. The molecule has 4 nitrogen and oxygen atoms in total. The van der Waals surface area contributed by atoms with Crippen LogP contribution >= 0.6 is 0 Å². The van der Waals surface area contributed by atoms with E-state index in [2.05, 4.69) is 62.3 Å². The Morgan fingerprint density at radius 2 is 2.00 bits per heavy atom. The second-order valence-corrected chi connectivity index (χ2v) is 6.32. The minimum absolute atomic E-state index is 0.214. The molecule has 1 saturated heterocycles. The Bertz CT molecular complexity index is 477. The van der Waals surface area contributed by atoms with Crippen molar-refractivity contribution < 1.29 is 4.74 Å². The molecule has 0 bridgehead atoms. The van der Waals surface area contributed by atoms with Gasteiger partial charge in [0.15, 0.2) is 5.96 Å². The number of nitrogens with one attached hydrogen (secondary N) is 1. The third-order valence-electron chi connectivity index (χ3n) is 3.75. The van der Waals surface area contributed by atoms with Gasteiger partial charge in [0.2, 0.25) is 0 Å². The van der Waals surface area contributed by atoms with Gasteiger partial charge in [-0.3, -0.25) is 4.99 Å². The zero-order valence-electron chi connectivity index (χ0n) is 13.6. The molecule has 1 aliphatic rings. The van der Waals surface area contributed by atoms with Crippen molar-refractivity contribution in [1.29, 1.82) is 0 Å². The molecule has 116 valence electrons. The Hall–Kier alpha value is -1.55. The Kier molecular flexibility index (Phi) is 5.23. The van der Waals surface area contributed by atoms with E-state index in [0.29, 0.717) is 0 Å². The van der Waals surface area contributed by atoms with E-state index >= 15 is 0 Å². The third kappa shape index (κ3) is 4.46. The maximum atomic E-state index is 5.29. The molecule has 21 heavy (non-hydrogen) atoms. The Morgan fingerprint density at radius 3 is 2.52 bits per heavy atom. The second-order valence-electron chi connectivity index (χ2n) is 6.32. The molecule has 1 aliphatic heterocycles. The van der Waals surface area contributed by atoms with Crippen LogP contribution in [-0.4, -0.2) is 44.2 Å². The largest absolute Gasteiger partial charge is 0.380 e. The summed E-state index contributed by atoms with van der Waals surface area (Å²) in [4.78, 5) is 6.95. The lowest BCUT2D eigenvalue weighted by Gasteiger charge is -2.37. The maximum Gasteiger partial charge on any atom is 0.193 e. The van der Waals surface area contributed by atoms with Gasteiger partial charge in [0.05, 0.1) is 19.8 Å². The number of hydrogen-bond donors (Lipinski definition) is 1. The lowest BCUT2D eigenvalue weighted by molar-refractivity contribution is -0.0946. The van der Waals surface area contributed by atoms with E-state index in [1.807, 2.05) is 0 Å². The van der Waals surface area contributed by atoms with Gasteiger partial charge >= 0.3 is 0 Å². The molecule has 0 unspecified atom stereocenters. The number of ether oxygens (including phenoxy) is 1. The van der Waals surface area contributed by atoms with Gasteiger partial charge in [-0.05, 0) is 19.4 Å². The standard InChI is InChI=1S/C17H27N3O/c1-5-18-16(19-11-17(3)12-21-13-17)20(4)10-15-8-6-14(2)7-9-15/h6-9H,5,10-13H2,1-4H3,(H,18,19). The summed E-state index contributed by atoms with van der Waals surface area (Å²) in [7, 11) is 2.08. The van der Waals surface area contributed by atoms with E-state index in [4.69, 9.17) is 9.73 Å². The van der Waals surface area contributed by atoms with Gasteiger partial charge in [-0.15, -0.1) is 0 Å². The van der Waals surface area contributed by atoms with E-state index in [1.54, 1.807) is 0 Å². The highest BCUT2D eigenvalue weighted by atomic mass is 16.5. The van der Waals surface area contributed by atoms with Crippen LogP contribution in [0.5, 0.6) is 0 Å². The predicted octanol–water partition coefficient (Wildman–Crippen LogP) is 2.43. The number of rotatable bonds is 5. The van der Waals surface area contributed by atoms with Crippen molar-refractivity contribution in [3.63, 3.8) is 0 Å². The Labute approximate surface area is 128 Å². The first-order valence-electron chi connectivity index (χ1n) is 7.65. The lowest BCUT2D eigenvalue weighted by atomic mass is 9.89. The first kappa shape index (κ1) is 15.8. The monoisotopic (exact) mass is 289 g/mol. The molecule has 0 aromatic heterocycles. The minimum Gasteiger partial charge on any atom is -0.380 e. The van der Waals surface area contributed by atoms with Gasteiger partial charge in [-0.1, -0.05) is 36.8 Å². The van der Waals surface area contributed by atoms with Gasteiger partial charge in [0.1, 0.15) is 0 Å². The maximum absolute atomic E-state index is 5.29. The topological polar surface area (TPSA) is 36.9 Å². The number of benzene rings is 1. The molecule has 1 aromatic carbocycles. The predicted molar refractivity (Wildman–Crippen MR) is 87.6 cm³/mol. The highest BCUT2D eigenvalue weighted by Crippen LogP contribution is 2.26. The van der Waals surface area contributed by atoms with E-state index in [-0.39, 0.29) is 5.41 Å². The molecular formula is C17H27N3O. The van der Waals surface area contributed by atoms with Gasteiger partial charge in [-0.25, -0.2) is 0 Å². The average molecular weight is 289 g/mol. The highest BCUT2D eigenvalue weighted by Gasteiger charge is 2.33. The highest BCUT2D eigenvalue weighted by molar-refractivity contribution is 5.79. The lowest BCUT2D eigenvalue weighted by Crippen LogP contribution is -2.44. The second kappa shape index (κ2) is 6.94. The van der Waals surface area contributed by atoms with Crippen LogP contribution in [-0.2, 0) is 11.3 Å². The molecular weight excluding hydrogens is 262 g/mol. The van der Waals surface area contributed by atoms with Crippen LogP contribution in [0.15, 0.2) is 29.3 Å². The van der Waals surface area contributed by atoms with Crippen molar-refractivity contribution in [2.75, 3.05) is 33.4 Å². The Balaban J connectivity index is 1.98. The molecule has 1 N–H and O–H groups in total. The van der Waals surface area contributed by atoms with Crippen molar-refractivity contribution in [1.82, 2.24) is 10.2 Å². The van der Waals surface area contributed by atoms with E-state index < -0.39 is 0 Å². The summed E-state index contributed by atoms with van der Waals surface area (Å²) >= 11 is 0. The van der Waals surface area contributed by atoms with Crippen molar-refractivity contribution >= 4 is 5.96 Å². The van der Waals surface area contributed by atoms with Gasteiger partial charge in [0, 0.05) is 25.6 Å². The molecule has 0 saturated carbocycles. The SMILES string of the molecule is CCNC(=NCC1(C)COC1)N(C)Cc1ccc(C)cc1. The molecule has 1 aromatic rings. The summed E-state index contributed by atoms with van der Waals surface area (Å²) in [6.07, 6.45) is 0. The van der Waals surface area contributed by atoms with Crippen LogP contribution in [0, 0.1) is 12.3 Å². The summed E-state index contributed by atoms with van der Waals surface area (Å²) < 4.78 is 5.29. The molecule has 1 fully saturated rings. The van der Waals surface area contributed by atoms with Gasteiger partial charge < -0.3 is 15.0 Å². The fraction of sp³-hybridized carbons (Fsp3) is 0.588. The van der Waals surface area contributed by atoms with Crippen molar-refractivity contribution in [2.24, 2.45) is 10.4 Å². The first-order chi connectivity index (χ1) is 10.0. The zero-order chi connectivity index (χ0) is 15.3. The van der Waals surface area contributed by atoms with Crippen LogP contribution in [0.3, 0.4) is 0 Å². The number of aliphatic imine (C=N–C) groups is 1. The molecule has 0 aliphatic carbocycles. The smallest absolute Gasteiger partial charge is 0.193 e. The van der Waals surface area contributed by atoms with Gasteiger partial charge in [0.25, 0.3) is 0 Å². The molecule has 4 heteroatoms. The van der Waals surface area contributed by atoms with Crippen LogP contribution in [0.25, 0.3) is 0 Å². The van der Waals surface area contributed by atoms with Crippen molar-refractivity contribution in [2.45, 2.75) is 27.3 Å². The first-order valence-corrected chi connectivity index (χ1v) is 7.65. The third-order valence-corrected chi connectivity index (χ3v) is 3.75. The number of guanidine groups is 1.